The summed E-state index contributed by atoms with van der Waals surface area (Å²) in [5.74, 6) is -0.623. The van der Waals surface area contributed by atoms with Crippen molar-refractivity contribution in [3.8, 4) is 0 Å². The highest BCUT2D eigenvalue weighted by atomic mass is 35.5. The fourth-order valence-electron chi connectivity index (χ4n) is 3.86. The number of benzene rings is 4. The molecule has 0 bridgehead atoms. The topological polar surface area (TPSA) is 113 Å². The molecule has 4 aromatic rings. The lowest BCUT2D eigenvalue weighted by Gasteiger charge is -2.26. The molecule has 0 aromatic heterocycles. The van der Waals surface area contributed by atoms with Crippen LogP contribution in [0.2, 0.25) is 5.02 Å². The molecular formula is C28H26ClN3O5S2. The molecule has 0 aliphatic rings. The van der Waals surface area contributed by atoms with Gasteiger partial charge in [-0.2, -0.15) is 0 Å². The number of carbonyl (C=O) groups is 1. The molecule has 1 amide bonds. The van der Waals surface area contributed by atoms with E-state index in [9.17, 15) is 21.6 Å². The van der Waals surface area contributed by atoms with Crippen LogP contribution in [-0.2, 0) is 24.8 Å². The maximum absolute atomic E-state index is 13.5. The van der Waals surface area contributed by atoms with Crippen molar-refractivity contribution in [3.63, 3.8) is 0 Å². The summed E-state index contributed by atoms with van der Waals surface area (Å²) in [5, 5.41) is 3.00. The number of hydrogen-bond donors (Lipinski definition) is 2. The quantitative estimate of drug-likeness (QED) is 0.267. The predicted molar refractivity (Wildman–Crippen MR) is 154 cm³/mol. The second-order valence-corrected chi connectivity index (χ2v) is 12.7. The zero-order valence-corrected chi connectivity index (χ0v) is 23.5. The Morgan fingerprint density at radius 3 is 2.10 bits per heavy atom. The van der Waals surface area contributed by atoms with Gasteiger partial charge in [0.1, 0.15) is 6.54 Å². The van der Waals surface area contributed by atoms with E-state index in [1.807, 2.05) is 13.0 Å². The van der Waals surface area contributed by atoms with Gasteiger partial charge in [-0.1, -0.05) is 48.0 Å². The van der Waals surface area contributed by atoms with Gasteiger partial charge >= 0.3 is 0 Å². The molecule has 2 N–H and O–H groups in total. The first-order valence-corrected chi connectivity index (χ1v) is 15.1. The molecule has 0 saturated heterocycles. The number of anilines is 3. The van der Waals surface area contributed by atoms with Crippen molar-refractivity contribution < 1.29 is 21.6 Å². The molecule has 0 radical (unpaired) electrons. The van der Waals surface area contributed by atoms with Crippen LogP contribution in [0.3, 0.4) is 0 Å². The van der Waals surface area contributed by atoms with Crippen LogP contribution >= 0.6 is 11.6 Å². The third-order valence-electron chi connectivity index (χ3n) is 5.84. The average molecular weight is 584 g/mol. The van der Waals surface area contributed by atoms with Crippen molar-refractivity contribution in [1.82, 2.24) is 0 Å². The molecule has 0 aliphatic heterocycles. The number of rotatable bonds is 9. The Morgan fingerprint density at radius 1 is 0.769 bits per heavy atom. The molecule has 39 heavy (non-hydrogen) atoms. The second-order valence-electron chi connectivity index (χ2n) is 8.76. The van der Waals surface area contributed by atoms with E-state index >= 15 is 0 Å². The van der Waals surface area contributed by atoms with E-state index in [0.29, 0.717) is 22.0 Å². The Morgan fingerprint density at radius 2 is 1.44 bits per heavy atom. The fourth-order valence-corrected chi connectivity index (χ4v) is 6.58. The van der Waals surface area contributed by atoms with Crippen molar-refractivity contribution in [2.45, 2.75) is 23.6 Å². The fraction of sp³-hybridized carbons (Fsp3) is 0.107. The molecule has 202 valence electrons. The lowest BCUT2D eigenvalue weighted by Crippen LogP contribution is -2.38. The normalized spacial score (nSPS) is 11.6. The van der Waals surface area contributed by atoms with Gasteiger partial charge in [-0.05, 0) is 85.6 Å². The summed E-state index contributed by atoms with van der Waals surface area (Å²) in [6, 6.07) is 25.2. The van der Waals surface area contributed by atoms with Gasteiger partial charge in [0, 0.05) is 16.4 Å². The number of halogens is 1. The first-order valence-electron chi connectivity index (χ1n) is 11.8. The third-order valence-corrected chi connectivity index (χ3v) is 9.43. The molecule has 0 aliphatic carbocycles. The van der Waals surface area contributed by atoms with Gasteiger partial charge in [0.05, 0.1) is 15.5 Å². The first-order chi connectivity index (χ1) is 18.5. The van der Waals surface area contributed by atoms with E-state index in [1.54, 1.807) is 61.5 Å². The summed E-state index contributed by atoms with van der Waals surface area (Å²) >= 11 is 6.25. The van der Waals surface area contributed by atoms with Crippen molar-refractivity contribution in [1.29, 1.82) is 0 Å². The third kappa shape index (κ3) is 6.59. The molecule has 0 heterocycles. The number of nitrogens with one attached hydrogen (secondary N) is 2. The van der Waals surface area contributed by atoms with Crippen LogP contribution in [0.25, 0.3) is 0 Å². The number of hydrogen-bond acceptors (Lipinski definition) is 5. The monoisotopic (exact) mass is 583 g/mol. The van der Waals surface area contributed by atoms with Gasteiger partial charge < -0.3 is 5.32 Å². The van der Waals surface area contributed by atoms with Gasteiger partial charge in [-0.25, -0.2) is 16.8 Å². The van der Waals surface area contributed by atoms with E-state index in [1.165, 1.54) is 36.4 Å². The Kier molecular flexibility index (Phi) is 8.29. The predicted octanol–water partition coefficient (Wildman–Crippen LogP) is 5.59. The van der Waals surface area contributed by atoms with Gasteiger partial charge in [0.25, 0.3) is 20.0 Å². The molecule has 11 heteroatoms. The highest BCUT2D eigenvalue weighted by molar-refractivity contribution is 7.93. The molecule has 0 fully saturated rings. The van der Waals surface area contributed by atoms with Crippen LogP contribution in [0.1, 0.15) is 11.1 Å². The summed E-state index contributed by atoms with van der Waals surface area (Å²) in [6.45, 7) is 3.00. The van der Waals surface area contributed by atoms with E-state index in [-0.39, 0.29) is 15.5 Å². The smallest absolute Gasteiger partial charge is 0.264 e. The highest BCUT2D eigenvalue weighted by Gasteiger charge is 2.28. The highest BCUT2D eigenvalue weighted by Crippen LogP contribution is 2.31. The largest absolute Gasteiger partial charge is 0.325 e. The number of amides is 1. The summed E-state index contributed by atoms with van der Waals surface area (Å²) in [7, 11) is -7.97. The summed E-state index contributed by atoms with van der Waals surface area (Å²) in [4.78, 5) is 13.1. The molecule has 0 saturated carbocycles. The molecule has 0 spiro atoms. The molecule has 4 rings (SSSR count). The molecular weight excluding hydrogens is 558 g/mol. The number of sulfonamides is 2. The van der Waals surface area contributed by atoms with Crippen LogP contribution in [0.15, 0.2) is 107 Å². The molecule has 0 unspecified atom stereocenters. The zero-order valence-electron chi connectivity index (χ0n) is 21.1. The minimum atomic E-state index is -4.11. The van der Waals surface area contributed by atoms with Crippen LogP contribution in [0.4, 0.5) is 17.1 Å². The first kappa shape index (κ1) is 28.2. The SMILES string of the molecule is Cc1cccc(NS(=O)(=O)c2ccc(NC(=O)CN(c3cccc(Cl)c3C)S(=O)(=O)c3ccccc3)cc2)c1. The van der Waals surface area contributed by atoms with Crippen LogP contribution < -0.4 is 14.3 Å². The maximum atomic E-state index is 13.5. The average Bonchev–Trinajstić information content (AvgIpc) is 2.89. The molecule has 0 atom stereocenters. The summed E-state index contributed by atoms with van der Waals surface area (Å²) in [6.07, 6.45) is 0. The van der Waals surface area contributed by atoms with Crippen LogP contribution in [-0.4, -0.2) is 29.3 Å². The number of carbonyl (C=O) groups excluding carboxylic acids is 1. The molecule has 8 nitrogen and oxygen atoms in total. The summed E-state index contributed by atoms with van der Waals surface area (Å²) in [5.41, 5.74) is 2.41. The lowest BCUT2D eigenvalue weighted by molar-refractivity contribution is -0.114. The zero-order chi connectivity index (χ0) is 28.2. The van der Waals surface area contributed by atoms with Crippen molar-refractivity contribution in [2.75, 3.05) is 20.9 Å². The van der Waals surface area contributed by atoms with Gasteiger partial charge in [-0.15, -0.1) is 0 Å². The Bertz CT molecular complexity index is 1710. The minimum absolute atomic E-state index is 0.00448. The van der Waals surface area contributed by atoms with E-state index in [0.717, 1.165) is 9.87 Å². The lowest BCUT2D eigenvalue weighted by atomic mass is 10.2. The number of nitrogens with zero attached hydrogens (tertiary/aromatic N) is 1. The Hall–Kier alpha value is -3.86. The van der Waals surface area contributed by atoms with Crippen molar-refractivity contribution >= 4 is 54.6 Å². The Labute approximate surface area is 233 Å². The van der Waals surface area contributed by atoms with Gasteiger partial charge in [0.2, 0.25) is 5.91 Å². The van der Waals surface area contributed by atoms with Gasteiger partial charge in [0.15, 0.2) is 0 Å². The number of aryl methyl sites for hydroxylation is 1. The maximum Gasteiger partial charge on any atom is 0.264 e. The second kappa shape index (κ2) is 11.5. The van der Waals surface area contributed by atoms with Crippen molar-refractivity contribution in [3.05, 3.63) is 113 Å². The van der Waals surface area contributed by atoms with Crippen LogP contribution in [0, 0.1) is 13.8 Å². The standard InChI is InChI=1S/C28H26ClN3O5S2/c1-20-8-6-9-23(18-20)31-38(34,35)24-16-14-22(15-17-24)30-28(33)19-32(27-13-7-12-26(29)21(27)2)39(36,37)25-10-4-3-5-11-25/h3-18,31H,19H2,1-2H3,(H,30,33). The van der Waals surface area contributed by atoms with E-state index in [2.05, 4.69) is 10.0 Å². The van der Waals surface area contributed by atoms with Crippen molar-refractivity contribution in [2.24, 2.45) is 0 Å². The Balaban J connectivity index is 1.55. The van der Waals surface area contributed by atoms with E-state index in [4.69, 9.17) is 11.6 Å². The minimum Gasteiger partial charge on any atom is -0.325 e. The van der Waals surface area contributed by atoms with Crippen LogP contribution in [0.5, 0.6) is 0 Å². The molecule has 4 aromatic carbocycles. The summed E-state index contributed by atoms with van der Waals surface area (Å²) < 4.78 is 56.1. The van der Waals surface area contributed by atoms with E-state index < -0.39 is 32.5 Å². The van der Waals surface area contributed by atoms with Gasteiger partial charge in [-0.3, -0.25) is 13.8 Å².